The molecule has 0 aliphatic rings. The Kier molecular flexibility index (Phi) is 5.72. The van der Waals surface area contributed by atoms with Crippen LogP contribution in [0, 0.1) is 6.92 Å². The molecule has 1 heterocycles. The molecule has 17 heavy (non-hydrogen) atoms. The highest BCUT2D eigenvalue weighted by molar-refractivity contribution is 6.17. The van der Waals surface area contributed by atoms with Crippen LogP contribution < -0.4 is 4.90 Å². The second-order valence-electron chi connectivity index (χ2n) is 4.45. The Morgan fingerprint density at radius 2 is 2.12 bits per heavy atom. The van der Waals surface area contributed by atoms with E-state index in [9.17, 15) is 0 Å². The number of aryl methyl sites for hydroxylation is 1. The van der Waals surface area contributed by atoms with Crippen LogP contribution in [-0.2, 0) is 10.6 Å². The van der Waals surface area contributed by atoms with Gasteiger partial charge in [-0.05, 0) is 38.5 Å². The second kappa shape index (κ2) is 6.82. The number of rotatable bonds is 6. The van der Waals surface area contributed by atoms with E-state index in [2.05, 4.69) is 9.88 Å². The molecule has 0 bridgehead atoms. The van der Waals surface area contributed by atoms with Crippen molar-refractivity contribution in [3.8, 4) is 0 Å². The smallest absolute Gasteiger partial charge is 0.128 e. The lowest BCUT2D eigenvalue weighted by molar-refractivity contribution is 0.0845. The van der Waals surface area contributed by atoms with E-state index in [4.69, 9.17) is 16.3 Å². The molecule has 0 fully saturated rings. The molecule has 0 N–H and O–H groups in total. The lowest BCUT2D eigenvalue weighted by Crippen LogP contribution is -2.25. The Morgan fingerprint density at radius 3 is 2.71 bits per heavy atom. The van der Waals surface area contributed by atoms with Gasteiger partial charge in [-0.1, -0.05) is 0 Å². The SMILES string of the molecule is Cc1cc(CCl)cc(N(C)CCOC(C)C)n1. The van der Waals surface area contributed by atoms with Crippen LogP contribution >= 0.6 is 11.6 Å². The van der Waals surface area contributed by atoms with Gasteiger partial charge >= 0.3 is 0 Å². The number of anilines is 1. The van der Waals surface area contributed by atoms with E-state index in [1.807, 2.05) is 40.0 Å². The summed E-state index contributed by atoms with van der Waals surface area (Å²) >= 11 is 5.85. The Morgan fingerprint density at radius 1 is 1.41 bits per heavy atom. The maximum absolute atomic E-state index is 5.85. The van der Waals surface area contributed by atoms with E-state index in [0.29, 0.717) is 12.5 Å². The number of aromatic nitrogens is 1. The summed E-state index contributed by atoms with van der Waals surface area (Å²) in [6.45, 7) is 7.60. The fraction of sp³-hybridized carbons (Fsp3) is 0.615. The van der Waals surface area contributed by atoms with Gasteiger partial charge in [0.1, 0.15) is 5.82 Å². The minimum Gasteiger partial charge on any atom is -0.377 e. The van der Waals surface area contributed by atoms with Gasteiger partial charge in [-0.3, -0.25) is 0 Å². The number of hydrogen-bond donors (Lipinski definition) is 0. The standard InChI is InChI=1S/C13H21ClN2O/c1-10(2)17-6-5-16(4)13-8-12(9-14)7-11(3)15-13/h7-8,10H,5-6,9H2,1-4H3. The highest BCUT2D eigenvalue weighted by Crippen LogP contribution is 2.15. The minimum absolute atomic E-state index is 0.271. The van der Waals surface area contributed by atoms with Gasteiger partial charge in [-0.2, -0.15) is 0 Å². The highest BCUT2D eigenvalue weighted by atomic mass is 35.5. The zero-order chi connectivity index (χ0) is 12.8. The molecule has 0 aliphatic carbocycles. The van der Waals surface area contributed by atoms with E-state index in [-0.39, 0.29) is 6.10 Å². The molecule has 0 spiro atoms. The van der Waals surface area contributed by atoms with Crippen LogP contribution in [-0.4, -0.2) is 31.3 Å². The largest absolute Gasteiger partial charge is 0.377 e. The van der Waals surface area contributed by atoms with Gasteiger partial charge in [0.2, 0.25) is 0 Å². The van der Waals surface area contributed by atoms with Crippen molar-refractivity contribution in [2.75, 3.05) is 25.1 Å². The molecular weight excluding hydrogens is 236 g/mol. The van der Waals surface area contributed by atoms with E-state index >= 15 is 0 Å². The summed E-state index contributed by atoms with van der Waals surface area (Å²) in [7, 11) is 2.02. The van der Waals surface area contributed by atoms with Gasteiger partial charge in [-0.25, -0.2) is 4.98 Å². The van der Waals surface area contributed by atoms with Gasteiger partial charge in [0.25, 0.3) is 0 Å². The van der Waals surface area contributed by atoms with Gasteiger partial charge in [0, 0.05) is 25.2 Å². The van der Waals surface area contributed by atoms with Crippen LogP contribution in [0.1, 0.15) is 25.1 Å². The summed E-state index contributed by atoms with van der Waals surface area (Å²) < 4.78 is 5.53. The first kappa shape index (κ1) is 14.3. The maximum Gasteiger partial charge on any atom is 0.128 e. The average molecular weight is 257 g/mol. The molecule has 1 aromatic heterocycles. The predicted octanol–water partition coefficient (Wildman–Crippen LogP) is 2.99. The van der Waals surface area contributed by atoms with Gasteiger partial charge in [0.15, 0.2) is 0 Å². The maximum atomic E-state index is 5.85. The summed E-state index contributed by atoms with van der Waals surface area (Å²) in [5, 5.41) is 0. The molecule has 0 amide bonds. The van der Waals surface area contributed by atoms with Crippen LogP contribution in [0.3, 0.4) is 0 Å². The topological polar surface area (TPSA) is 25.4 Å². The number of alkyl halides is 1. The number of hydrogen-bond acceptors (Lipinski definition) is 3. The second-order valence-corrected chi connectivity index (χ2v) is 4.72. The predicted molar refractivity (Wildman–Crippen MR) is 72.9 cm³/mol. The van der Waals surface area contributed by atoms with Crippen LogP contribution in [0.5, 0.6) is 0 Å². The van der Waals surface area contributed by atoms with E-state index in [0.717, 1.165) is 23.6 Å². The molecule has 0 aliphatic heterocycles. The van der Waals surface area contributed by atoms with Gasteiger partial charge in [-0.15, -0.1) is 11.6 Å². The Labute approximate surface area is 109 Å². The normalized spacial score (nSPS) is 10.9. The third kappa shape index (κ3) is 4.92. The molecule has 3 nitrogen and oxygen atoms in total. The summed E-state index contributed by atoms with van der Waals surface area (Å²) in [5.74, 6) is 1.47. The third-order valence-corrected chi connectivity index (χ3v) is 2.73. The zero-order valence-electron chi connectivity index (χ0n) is 11.0. The molecular formula is C13H21ClN2O. The zero-order valence-corrected chi connectivity index (χ0v) is 11.8. The van der Waals surface area contributed by atoms with Crippen molar-refractivity contribution in [3.63, 3.8) is 0 Å². The van der Waals surface area contributed by atoms with E-state index < -0.39 is 0 Å². The summed E-state index contributed by atoms with van der Waals surface area (Å²) in [4.78, 5) is 6.58. The molecule has 0 unspecified atom stereocenters. The Balaban J connectivity index is 2.61. The van der Waals surface area contributed by atoms with Crippen molar-refractivity contribution in [1.29, 1.82) is 0 Å². The molecule has 96 valence electrons. The van der Waals surface area contributed by atoms with Crippen LogP contribution in [0.15, 0.2) is 12.1 Å². The summed E-state index contributed by atoms with van der Waals surface area (Å²) in [5.41, 5.74) is 2.10. The molecule has 4 heteroatoms. The first-order chi connectivity index (χ1) is 8.02. The van der Waals surface area contributed by atoms with Crippen LogP contribution in [0.25, 0.3) is 0 Å². The molecule has 0 saturated heterocycles. The Bertz CT molecular complexity index is 355. The summed E-state index contributed by atoms with van der Waals surface area (Å²) in [6, 6.07) is 4.03. The van der Waals surface area contributed by atoms with Crippen molar-refractivity contribution in [3.05, 3.63) is 23.4 Å². The number of nitrogens with zero attached hydrogens (tertiary/aromatic N) is 2. The fourth-order valence-corrected chi connectivity index (χ4v) is 1.69. The van der Waals surface area contributed by atoms with E-state index in [1.165, 1.54) is 0 Å². The van der Waals surface area contributed by atoms with Crippen molar-refractivity contribution >= 4 is 17.4 Å². The molecule has 0 saturated carbocycles. The van der Waals surface area contributed by atoms with E-state index in [1.54, 1.807) is 0 Å². The van der Waals surface area contributed by atoms with Crippen LogP contribution in [0.4, 0.5) is 5.82 Å². The average Bonchev–Trinajstić information content (AvgIpc) is 2.27. The first-order valence-corrected chi connectivity index (χ1v) is 6.42. The Hall–Kier alpha value is -0.800. The molecule has 0 atom stereocenters. The quantitative estimate of drug-likeness (QED) is 0.732. The number of halogens is 1. The molecule has 0 radical (unpaired) electrons. The number of pyridine rings is 1. The van der Waals surface area contributed by atoms with Gasteiger partial charge < -0.3 is 9.64 Å². The van der Waals surface area contributed by atoms with Crippen LogP contribution in [0.2, 0.25) is 0 Å². The van der Waals surface area contributed by atoms with Crippen molar-refractivity contribution in [1.82, 2.24) is 4.98 Å². The van der Waals surface area contributed by atoms with Gasteiger partial charge in [0.05, 0.1) is 12.7 Å². The summed E-state index contributed by atoms with van der Waals surface area (Å²) in [6.07, 6.45) is 0.271. The molecule has 1 rings (SSSR count). The third-order valence-electron chi connectivity index (χ3n) is 2.42. The van der Waals surface area contributed by atoms with Crippen molar-refractivity contribution in [2.24, 2.45) is 0 Å². The monoisotopic (exact) mass is 256 g/mol. The molecule has 0 aromatic carbocycles. The van der Waals surface area contributed by atoms with Crippen molar-refractivity contribution in [2.45, 2.75) is 32.8 Å². The minimum atomic E-state index is 0.271. The fourth-order valence-electron chi connectivity index (χ4n) is 1.53. The number of ether oxygens (including phenoxy) is 1. The highest BCUT2D eigenvalue weighted by Gasteiger charge is 2.05. The first-order valence-electron chi connectivity index (χ1n) is 5.89. The van der Waals surface area contributed by atoms with Crippen molar-refractivity contribution < 1.29 is 4.74 Å². The lowest BCUT2D eigenvalue weighted by atomic mass is 10.2. The molecule has 1 aromatic rings. The number of likely N-dealkylation sites (N-methyl/N-ethyl adjacent to an activating group) is 1. The lowest BCUT2D eigenvalue weighted by Gasteiger charge is -2.20.